The molecule has 158 valence electrons. The summed E-state index contributed by atoms with van der Waals surface area (Å²) >= 11 is 0. The smallest absolute Gasteiger partial charge is 0.182 e. The molecule has 2 unspecified atom stereocenters. The highest BCUT2D eigenvalue weighted by molar-refractivity contribution is 5.79. The molecule has 3 aromatic heterocycles. The average Bonchev–Trinajstić information content (AvgIpc) is 3.39. The van der Waals surface area contributed by atoms with Crippen molar-refractivity contribution in [3.8, 4) is 28.1 Å². The van der Waals surface area contributed by atoms with Crippen LogP contribution in [0.5, 0.6) is 5.75 Å². The SMILES string of the molecule is Cn1cc(-c2ccc(-c3cc4ncn(C5CC6CCCC(C5)N6)c4nn3)c(O)c2)cn1. The molecule has 8 nitrogen and oxygen atoms in total. The molecule has 2 bridgehead atoms. The predicted molar refractivity (Wildman–Crippen MR) is 117 cm³/mol. The average molecular weight is 416 g/mol. The van der Waals surface area contributed by atoms with Crippen LogP contribution in [0, 0.1) is 0 Å². The number of benzene rings is 1. The second kappa shape index (κ2) is 7.16. The van der Waals surface area contributed by atoms with Gasteiger partial charge in [-0.05, 0) is 49.4 Å². The molecule has 8 heteroatoms. The second-order valence-corrected chi connectivity index (χ2v) is 8.84. The number of rotatable bonds is 3. The highest BCUT2D eigenvalue weighted by atomic mass is 16.3. The van der Waals surface area contributed by atoms with Gasteiger partial charge in [0.15, 0.2) is 5.65 Å². The van der Waals surface area contributed by atoms with Crippen molar-refractivity contribution in [1.82, 2.24) is 34.8 Å². The van der Waals surface area contributed by atoms with Crippen LogP contribution in [0.4, 0.5) is 0 Å². The summed E-state index contributed by atoms with van der Waals surface area (Å²) in [7, 11) is 1.87. The number of aromatic hydroxyl groups is 1. The minimum atomic E-state index is 0.167. The molecule has 4 aromatic rings. The largest absolute Gasteiger partial charge is 0.507 e. The van der Waals surface area contributed by atoms with Crippen molar-refractivity contribution in [3.05, 3.63) is 43.0 Å². The number of piperidine rings is 2. The number of hydrogen-bond donors (Lipinski definition) is 2. The summed E-state index contributed by atoms with van der Waals surface area (Å²) in [6.07, 6.45) is 11.7. The fraction of sp³-hybridized carbons (Fsp3) is 0.391. The number of nitrogens with one attached hydrogen (secondary N) is 1. The van der Waals surface area contributed by atoms with Crippen molar-refractivity contribution in [1.29, 1.82) is 0 Å². The Labute approximate surface area is 179 Å². The first-order chi connectivity index (χ1) is 15.1. The molecule has 5 heterocycles. The van der Waals surface area contributed by atoms with Gasteiger partial charge in [-0.15, -0.1) is 10.2 Å². The van der Waals surface area contributed by atoms with E-state index in [0.29, 0.717) is 29.4 Å². The summed E-state index contributed by atoms with van der Waals surface area (Å²) in [4.78, 5) is 4.62. The topological polar surface area (TPSA) is 93.7 Å². The van der Waals surface area contributed by atoms with Gasteiger partial charge in [0.2, 0.25) is 0 Å². The molecule has 31 heavy (non-hydrogen) atoms. The summed E-state index contributed by atoms with van der Waals surface area (Å²) in [5, 5.41) is 27.6. The zero-order valence-corrected chi connectivity index (χ0v) is 17.4. The van der Waals surface area contributed by atoms with Crippen LogP contribution in [0.2, 0.25) is 0 Å². The Bertz CT molecular complexity index is 1250. The third-order valence-corrected chi connectivity index (χ3v) is 6.72. The maximum absolute atomic E-state index is 10.7. The van der Waals surface area contributed by atoms with Gasteiger partial charge in [-0.3, -0.25) is 4.68 Å². The minimum Gasteiger partial charge on any atom is -0.507 e. The molecular weight excluding hydrogens is 390 g/mol. The Hall–Kier alpha value is -3.26. The van der Waals surface area contributed by atoms with Crippen LogP contribution in [-0.2, 0) is 7.05 Å². The molecule has 0 aliphatic carbocycles. The van der Waals surface area contributed by atoms with E-state index in [1.807, 2.05) is 37.8 Å². The normalized spacial score (nSPS) is 23.3. The van der Waals surface area contributed by atoms with Gasteiger partial charge in [0.05, 0.1) is 18.2 Å². The second-order valence-electron chi connectivity index (χ2n) is 8.84. The Kier molecular flexibility index (Phi) is 4.27. The molecule has 2 aliphatic heterocycles. The van der Waals surface area contributed by atoms with Gasteiger partial charge in [0.1, 0.15) is 11.3 Å². The van der Waals surface area contributed by atoms with E-state index >= 15 is 0 Å². The van der Waals surface area contributed by atoms with Crippen LogP contribution in [0.1, 0.15) is 38.1 Å². The molecule has 2 N–H and O–H groups in total. The number of aryl methyl sites for hydroxylation is 1. The molecule has 1 aromatic carbocycles. The lowest BCUT2D eigenvalue weighted by Gasteiger charge is -2.40. The zero-order valence-electron chi connectivity index (χ0n) is 17.4. The first-order valence-corrected chi connectivity index (χ1v) is 10.9. The highest BCUT2D eigenvalue weighted by Gasteiger charge is 2.32. The van der Waals surface area contributed by atoms with Crippen LogP contribution in [-0.4, -0.2) is 46.7 Å². The highest BCUT2D eigenvalue weighted by Crippen LogP contribution is 2.36. The van der Waals surface area contributed by atoms with Crippen molar-refractivity contribution >= 4 is 11.2 Å². The molecule has 2 atom stereocenters. The fourth-order valence-corrected chi connectivity index (χ4v) is 5.19. The molecule has 0 radical (unpaired) electrons. The van der Waals surface area contributed by atoms with Gasteiger partial charge in [-0.1, -0.05) is 12.5 Å². The summed E-state index contributed by atoms with van der Waals surface area (Å²) < 4.78 is 3.94. The monoisotopic (exact) mass is 415 g/mol. The van der Waals surface area contributed by atoms with E-state index < -0.39 is 0 Å². The van der Waals surface area contributed by atoms with E-state index in [0.717, 1.165) is 35.1 Å². The summed E-state index contributed by atoms with van der Waals surface area (Å²) in [6.45, 7) is 0. The van der Waals surface area contributed by atoms with Gasteiger partial charge in [-0.2, -0.15) is 5.10 Å². The lowest BCUT2D eigenvalue weighted by molar-refractivity contribution is 0.190. The first-order valence-electron chi connectivity index (χ1n) is 10.9. The number of aromatic nitrogens is 6. The van der Waals surface area contributed by atoms with E-state index in [1.54, 1.807) is 16.9 Å². The summed E-state index contributed by atoms with van der Waals surface area (Å²) in [5.41, 5.74) is 4.76. The molecule has 0 spiro atoms. The van der Waals surface area contributed by atoms with Crippen molar-refractivity contribution < 1.29 is 5.11 Å². The van der Waals surface area contributed by atoms with Gasteiger partial charge in [0, 0.05) is 42.5 Å². The lowest BCUT2D eigenvalue weighted by Crippen LogP contribution is -2.48. The third-order valence-electron chi connectivity index (χ3n) is 6.72. The number of imidazole rings is 1. The van der Waals surface area contributed by atoms with Gasteiger partial charge >= 0.3 is 0 Å². The predicted octanol–water partition coefficient (Wildman–Crippen LogP) is 3.45. The summed E-state index contributed by atoms with van der Waals surface area (Å²) in [5.74, 6) is 0.167. The van der Waals surface area contributed by atoms with E-state index in [9.17, 15) is 5.11 Å². The molecule has 2 saturated heterocycles. The number of phenols is 1. The maximum atomic E-state index is 10.7. The van der Waals surface area contributed by atoms with Crippen LogP contribution in [0.15, 0.2) is 43.0 Å². The quantitative estimate of drug-likeness (QED) is 0.532. The number of nitrogens with zero attached hydrogens (tertiary/aromatic N) is 6. The van der Waals surface area contributed by atoms with E-state index in [2.05, 4.69) is 30.2 Å². The van der Waals surface area contributed by atoms with Crippen LogP contribution in [0.25, 0.3) is 33.5 Å². The standard InChI is InChI=1S/C23H25N7O/c1-29-12-15(11-25-29)14-5-6-19(22(31)7-14)20-10-21-23(28-27-20)30(13-24-21)18-8-16-3-2-4-17(9-18)26-16/h5-7,10-13,16-18,26,31H,2-4,8-9H2,1H3. The van der Waals surface area contributed by atoms with Gasteiger partial charge in [0.25, 0.3) is 0 Å². The molecule has 2 fully saturated rings. The van der Waals surface area contributed by atoms with E-state index in [-0.39, 0.29) is 5.75 Å². The Morgan fingerprint density at radius 3 is 2.65 bits per heavy atom. The molecular formula is C23H25N7O. The molecule has 2 aliphatic rings. The van der Waals surface area contributed by atoms with Crippen molar-refractivity contribution in [2.75, 3.05) is 0 Å². The van der Waals surface area contributed by atoms with Crippen LogP contribution >= 0.6 is 0 Å². The molecule has 0 saturated carbocycles. The first kappa shape index (κ1) is 18.5. The van der Waals surface area contributed by atoms with Gasteiger partial charge < -0.3 is 15.0 Å². The Morgan fingerprint density at radius 1 is 1.06 bits per heavy atom. The summed E-state index contributed by atoms with van der Waals surface area (Å²) in [6, 6.07) is 9.09. The van der Waals surface area contributed by atoms with Crippen molar-refractivity contribution in [3.63, 3.8) is 0 Å². The number of phenolic OH excluding ortho intramolecular Hbond substituents is 1. The molecule has 6 rings (SSSR count). The third kappa shape index (κ3) is 3.27. The number of fused-ring (bicyclic) bond motifs is 3. The zero-order chi connectivity index (χ0) is 20.9. The molecule has 0 amide bonds. The van der Waals surface area contributed by atoms with Crippen molar-refractivity contribution in [2.45, 2.75) is 50.2 Å². The van der Waals surface area contributed by atoms with Crippen LogP contribution in [0.3, 0.4) is 0 Å². The van der Waals surface area contributed by atoms with Gasteiger partial charge in [-0.25, -0.2) is 4.98 Å². The number of hydrogen-bond acceptors (Lipinski definition) is 6. The Balaban J connectivity index is 1.31. The van der Waals surface area contributed by atoms with Crippen LogP contribution < -0.4 is 5.32 Å². The lowest BCUT2D eigenvalue weighted by atomic mass is 9.84. The fourth-order valence-electron chi connectivity index (χ4n) is 5.19. The van der Waals surface area contributed by atoms with Crippen molar-refractivity contribution in [2.24, 2.45) is 7.05 Å². The maximum Gasteiger partial charge on any atom is 0.182 e. The minimum absolute atomic E-state index is 0.167. The van der Waals surface area contributed by atoms with E-state index in [1.165, 1.54) is 19.3 Å². The Morgan fingerprint density at radius 2 is 1.90 bits per heavy atom. The van der Waals surface area contributed by atoms with E-state index in [4.69, 9.17) is 0 Å².